The minimum absolute atomic E-state index is 0.123. The van der Waals surface area contributed by atoms with Crippen molar-refractivity contribution in [1.82, 2.24) is 4.98 Å². The van der Waals surface area contributed by atoms with Crippen molar-refractivity contribution >= 4 is 24.3 Å². The van der Waals surface area contributed by atoms with E-state index in [1.54, 1.807) is 0 Å². The van der Waals surface area contributed by atoms with Crippen molar-refractivity contribution in [3.63, 3.8) is 0 Å². The molecule has 1 aromatic heterocycles. The zero-order valence-corrected chi connectivity index (χ0v) is 8.75. The van der Waals surface area contributed by atoms with Crippen LogP contribution in [0.5, 0.6) is 0 Å². The monoisotopic (exact) mass is 219 g/mol. The van der Waals surface area contributed by atoms with Gasteiger partial charge in [-0.1, -0.05) is 0 Å². The molecular weight excluding hydrogens is 210 g/mol. The number of pyridine rings is 1. The molecule has 0 radical (unpaired) electrons. The Morgan fingerprint density at radius 2 is 2.07 bits per heavy atom. The fraction of sp³-hybridized carbons (Fsp3) is 0.222. The maximum absolute atomic E-state index is 8.83. The highest BCUT2D eigenvalue weighted by Gasteiger charge is 2.08. The first kappa shape index (κ1) is 11.2. The quantitative estimate of drug-likeness (QED) is 0.651. The Morgan fingerprint density at radius 1 is 1.40 bits per heavy atom. The molecule has 6 heteroatoms. The first-order valence-corrected chi connectivity index (χ1v) is 4.81. The van der Waals surface area contributed by atoms with Gasteiger partial charge in [-0.05, 0) is 6.07 Å². The highest BCUT2D eigenvalue weighted by molar-refractivity contribution is 7.80. The molecule has 15 heavy (non-hydrogen) atoms. The summed E-state index contributed by atoms with van der Waals surface area (Å²) >= 11 is 4.02. The van der Waals surface area contributed by atoms with Crippen LogP contribution in [0.25, 0.3) is 0 Å². The van der Waals surface area contributed by atoms with Crippen LogP contribution < -0.4 is 11.1 Å². The van der Waals surface area contributed by atoms with Crippen LogP contribution in [0.4, 0.5) is 11.6 Å². The molecule has 0 aliphatic rings. The molecule has 0 atom stereocenters. The Morgan fingerprint density at radius 3 is 2.60 bits per heavy atom. The molecule has 0 aromatic carbocycles. The fourth-order valence-electron chi connectivity index (χ4n) is 1.01. The van der Waals surface area contributed by atoms with Gasteiger partial charge >= 0.3 is 0 Å². The van der Waals surface area contributed by atoms with Gasteiger partial charge in [0.2, 0.25) is 0 Å². The predicted octanol–water partition coefficient (Wildman–Crippen LogP) is 0.749. The minimum atomic E-state index is 0.123. The van der Waals surface area contributed by atoms with Gasteiger partial charge in [0.05, 0.1) is 11.1 Å². The molecule has 0 bridgehead atoms. The maximum atomic E-state index is 8.83. The van der Waals surface area contributed by atoms with E-state index in [4.69, 9.17) is 16.3 Å². The number of aromatic nitrogens is 1. The van der Waals surface area contributed by atoms with E-state index in [1.165, 1.54) is 6.07 Å². The second-order valence-electron chi connectivity index (χ2n) is 2.69. The largest absolute Gasteiger partial charge is 0.383 e. The summed E-state index contributed by atoms with van der Waals surface area (Å²) in [5, 5.41) is 20.4. The summed E-state index contributed by atoms with van der Waals surface area (Å²) in [6.45, 7) is 0.579. The van der Waals surface area contributed by atoms with E-state index >= 15 is 0 Å². The first-order valence-electron chi connectivity index (χ1n) is 4.18. The van der Waals surface area contributed by atoms with Crippen molar-refractivity contribution in [2.45, 2.75) is 0 Å². The number of hydrogen-bond donors (Lipinski definition) is 3. The topological polar surface area (TPSA) is 98.5 Å². The minimum Gasteiger partial charge on any atom is -0.383 e. The summed E-state index contributed by atoms with van der Waals surface area (Å²) in [4.78, 5) is 3.94. The third kappa shape index (κ3) is 2.52. The Kier molecular flexibility index (Phi) is 3.78. The molecule has 1 heterocycles. The Bertz CT molecular complexity index is 443. The summed E-state index contributed by atoms with van der Waals surface area (Å²) in [6.07, 6.45) is 0. The Labute approximate surface area is 92.9 Å². The van der Waals surface area contributed by atoms with Crippen molar-refractivity contribution in [2.24, 2.45) is 0 Å². The van der Waals surface area contributed by atoms with Gasteiger partial charge in [-0.15, -0.1) is 0 Å². The number of nitriles is 2. The second kappa shape index (κ2) is 5.08. The summed E-state index contributed by atoms with van der Waals surface area (Å²) in [5.41, 5.74) is 6.04. The van der Waals surface area contributed by atoms with E-state index in [-0.39, 0.29) is 11.4 Å². The van der Waals surface area contributed by atoms with Crippen molar-refractivity contribution in [3.8, 4) is 12.1 Å². The third-order valence-corrected chi connectivity index (χ3v) is 1.92. The zero-order valence-electron chi connectivity index (χ0n) is 7.86. The molecule has 0 fully saturated rings. The van der Waals surface area contributed by atoms with Crippen molar-refractivity contribution < 1.29 is 0 Å². The lowest BCUT2D eigenvalue weighted by Gasteiger charge is -2.07. The van der Waals surface area contributed by atoms with E-state index < -0.39 is 0 Å². The smallest absolute Gasteiger partial charge is 0.146 e. The number of rotatable bonds is 3. The fourth-order valence-corrected chi connectivity index (χ4v) is 1.12. The van der Waals surface area contributed by atoms with Crippen LogP contribution in [-0.4, -0.2) is 17.3 Å². The number of hydrogen-bond acceptors (Lipinski definition) is 6. The van der Waals surface area contributed by atoms with Crippen LogP contribution in [0.15, 0.2) is 6.07 Å². The normalized spacial score (nSPS) is 9.00. The van der Waals surface area contributed by atoms with Crippen molar-refractivity contribution in [1.29, 1.82) is 10.5 Å². The van der Waals surface area contributed by atoms with E-state index in [9.17, 15) is 0 Å². The number of nitrogens with two attached hydrogens (primary N) is 1. The SMILES string of the molecule is N#Cc1cc(C#N)c(NCCS)nc1N. The number of thiol groups is 1. The summed E-state index contributed by atoms with van der Waals surface area (Å²) < 4.78 is 0. The summed E-state index contributed by atoms with van der Waals surface area (Å²) in [6, 6.07) is 5.24. The van der Waals surface area contributed by atoms with Gasteiger partial charge in [0.1, 0.15) is 23.8 Å². The average Bonchev–Trinajstić information content (AvgIpc) is 2.26. The van der Waals surface area contributed by atoms with Gasteiger partial charge < -0.3 is 11.1 Å². The molecule has 0 saturated carbocycles. The van der Waals surface area contributed by atoms with Crippen LogP contribution in [0, 0.1) is 22.7 Å². The summed E-state index contributed by atoms with van der Waals surface area (Å²) in [7, 11) is 0. The van der Waals surface area contributed by atoms with E-state index in [0.29, 0.717) is 23.7 Å². The molecule has 0 saturated heterocycles. The maximum Gasteiger partial charge on any atom is 0.146 e. The van der Waals surface area contributed by atoms with Gasteiger partial charge in [0.15, 0.2) is 0 Å². The molecule has 0 amide bonds. The first-order chi connectivity index (χ1) is 7.22. The third-order valence-electron chi connectivity index (χ3n) is 1.70. The lowest BCUT2D eigenvalue weighted by molar-refractivity contribution is 1.16. The van der Waals surface area contributed by atoms with Crippen molar-refractivity contribution in [3.05, 3.63) is 17.2 Å². The number of nitrogens with one attached hydrogen (secondary N) is 1. The second-order valence-corrected chi connectivity index (χ2v) is 3.14. The van der Waals surface area contributed by atoms with Crippen LogP contribution in [0.1, 0.15) is 11.1 Å². The number of anilines is 2. The molecule has 5 nitrogen and oxygen atoms in total. The van der Waals surface area contributed by atoms with Gasteiger partial charge in [-0.3, -0.25) is 0 Å². The predicted molar refractivity (Wildman–Crippen MR) is 60.4 cm³/mol. The van der Waals surface area contributed by atoms with Crippen LogP contribution in [0.2, 0.25) is 0 Å². The molecule has 0 unspecified atom stereocenters. The Hall–Kier alpha value is -1.92. The molecule has 1 rings (SSSR count). The molecule has 0 aliphatic heterocycles. The lowest BCUT2D eigenvalue weighted by Crippen LogP contribution is -2.08. The van der Waals surface area contributed by atoms with Gasteiger partial charge in [0.25, 0.3) is 0 Å². The van der Waals surface area contributed by atoms with Gasteiger partial charge in [0, 0.05) is 12.3 Å². The molecule has 0 aliphatic carbocycles. The van der Waals surface area contributed by atoms with E-state index in [0.717, 1.165) is 0 Å². The Balaban J connectivity index is 3.12. The molecule has 76 valence electrons. The number of nitrogen functional groups attached to an aromatic ring is 1. The molecule has 3 N–H and O–H groups in total. The highest BCUT2D eigenvalue weighted by atomic mass is 32.1. The molecular formula is C9H9N5S. The van der Waals surface area contributed by atoms with Crippen LogP contribution in [0.3, 0.4) is 0 Å². The lowest BCUT2D eigenvalue weighted by atomic mass is 10.2. The van der Waals surface area contributed by atoms with Crippen molar-refractivity contribution in [2.75, 3.05) is 23.3 Å². The van der Waals surface area contributed by atoms with Crippen LogP contribution >= 0.6 is 12.6 Å². The number of nitrogens with zero attached hydrogens (tertiary/aromatic N) is 3. The summed E-state index contributed by atoms with van der Waals surface area (Å²) in [5.74, 6) is 1.13. The van der Waals surface area contributed by atoms with Crippen LogP contribution in [-0.2, 0) is 0 Å². The van der Waals surface area contributed by atoms with Gasteiger partial charge in [-0.2, -0.15) is 23.2 Å². The van der Waals surface area contributed by atoms with Gasteiger partial charge in [-0.25, -0.2) is 4.98 Å². The molecule has 0 spiro atoms. The highest BCUT2D eigenvalue weighted by Crippen LogP contribution is 2.17. The van der Waals surface area contributed by atoms with E-state index in [2.05, 4.69) is 22.9 Å². The average molecular weight is 219 g/mol. The van der Waals surface area contributed by atoms with E-state index in [1.807, 2.05) is 12.1 Å². The standard InChI is InChI=1S/C9H9N5S/c10-4-6-3-7(5-11)9(13-1-2-15)14-8(6)12/h3,15H,1-2H2,(H3,12,13,14). The zero-order chi connectivity index (χ0) is 11.3. The molecule has 1 aromatic rings.